The number of allylic oxidation sites excluding steroid dienone is 4. The van der Waals surface area contributed by atoms with Gasteiger partial charge in [-0.15, -0.1) is 0 Å². The predicted octanol–water partition coefficient (Wildman–Crippen LogP) is 5.71. The van der Waals surface area contributed by atoms with Crippen LogP contribution in [0.2, 0.25) is 0 Å². The van der Waals surface area contributed by atoms with Gasteiger partial charge in [-0.3, -0.25) is 9.59 Å². The third kappa shape index (κ3) is 4.54. The monoisotopic (exact) mass is 600 g/mol. The molecule has 3 aliphatic rings. The Hall–Kier alpha value is -3.14. The van der Waals surface area contributed by atoms with E-state index in [9.17, 15) is 14.4 Å². The lowest BCUT2D eigenvalue weighted by Crippen LogP contribution is -2.30. The Morgan fingerprint density at radius 2 is 1.61 bits per heavy atom. The number of carboxylic acid groups (broad SMARTS) is 1. The van der Waals surface area contributed by atoms with E-state index < -0.39 is 11.9 Å². The fourth-order valence-corrected chi connectivity index (χ4v) is 5.88. The molecule has 2 aromatic carbocycles. The number of rotatable bonds is 6. The molecule has 1 aliphatic heterocycles. The number of carbonyl (C=O) groups excluding carboxylic acids is 2. The van der Waals surface area contributed by atoms with Crippen LogP contribution in [0, 0.1) is 3.57 Å². The van der Waals surface area contributed by atoms with Crippen molar-refractivity contribution < 1.29 is 33.7 Å². The Balaban J connectivity index is 1.51. The van der Waals surface area contributed by atoms with Crippen LogP contribution in [0.3, 0.4) is 0 Å². The third-order valence-corrected chi connectivity index (χ3v) is 7.61. The standard InChI is InChI=1S/C28H25IO7/c1-34-23-13-17(12-18(29)27(23)35-14-15-8-10-16(11-9-15)28(32)33)24-25-19(30)4-2-6-21(25)36-22-7-3-5-20(31)26(22)24/h8-13,24H,2-7,14H2,1H3,(H,32,33). The molecule has 0 bridgehead atoms. The molecule has 8 heteroatoms. The minimum absolute atomic E-state index is 0.0327. The molecule has 0 aromatic heterocycles. The molecule has 186 valence electrons. The molecule has 0 saturated heterocycles. The first-order valence-electron chi connectivity index (χ1n) is 11.9. The van der Waals surface area contributed by atoms with E-state index >= 15 is 0 Å². The van der Waals surface area contributed by atoms with Gasteiger partial charge in [0.15, 0.2) is 23.1 Å². The Labute approximate surface area is 222 Å². The maximum Gasteiger partial charge on any atom is 0.335 e. The molecule has 0 saturated carbocycles. The van der Waals surface area contributed by atoms with Crippen LogP contribution in [0.5, 0.6) is 11.5 Å². The molecule has 1 N–H and O–H groups in total. The van der Waals surface area contributed by atoms with Crippen LogP contribution in [-0.4, -0.2) is 29.8 Å². The average molecular weight is 600 g/mol. The van der Waals surface area contributed by atoms with Crippen molar-refractivity contribution in [1.29, 1.82) is 0 Å². The third-order valence-electron chi connectivity index (χ3n) is 6.81. The van der Waals surface area contributed by atoms with E-state index in [2.05, 4.69) is 22.6 Å². The van der Waals surface area contributed by atoms with Crippen molar-refractivity contribution in [3.8, 4) is 11.5 Å². The van der Waals surface area contributed by atoms with Crippen LogP contribution in [-0.2, 0) is 20.9 Å². The van der Waals surface area contributed by atoms with E-state index in [4.69, 9.17) is 19.3 Å². The molecule has 2 aromatic rings. The van der Waals surface area contributed by atoms with E-state index in [-0.39, 0.29) is 23.7 Å². The van der Waals surface area contributed by atoms with Crippen LogP contribution in [0.25, 0.3) is 0 Å². The number of carboxylic acids is 1. The van der Waals surface area contributed by atoms with Crippen LogP contribution >= 0.6 is 22.6 Å². The van der Waals surface area contributed by atoms with Gasteiger partial charge in [0.1, 0.15) is 18.1 Å². The predicted molar refractivity (Wildman–Crippen MR) is 139 cm³/mol. The maximum atomic E-state index is 13.1. The number of ketones is 2. The van der Waals surface area contributed by atoms with Crippen LogP contribution in [0.4, 0.5) is 0 Å². The Bertz CT molecular complexity index is 1280. The summed E-state index contributed by atoms with van der Waals surface area (Å²) in [6, 6.07) is 10.3. The first-order chi connectivity index (χ1) is 17.4. The molecule has 5 rings (SSSR count). The molecular weight excluding hydrogens is 575 g/mol. The van der Waals surface area contributed by atoms with Crippen LogP contribution in [0.1, 0.15) is 65.9 Å². The molecule has 1 heterocycles. The van der Waals surface area contributed by atoms with Crippen molar-refractivity contribution >= 4 is 40.1 Å². The highest BCUT2D eigenvalue weighted by Crippen LogP contribution is 2.49. The van der Waals surface area contributed by atoms with Gasteiger partial charge in [0, 0.05) is 42.7 Å². The fourth-order valence-electron chi connectivity index (χ4n) is 5.10. The van der Waals surface area contributed by atoms with E-state index in [1.807, 2.05) is 12.1 Å². The summed E-state index contributed by atoms with van der Waals surface area (Å²) in [5, 5.41) is 9.09. The molecule has 0 atom stereocenters. The topological polar surface area (TPSA) is 99.1 Å². The summed E-state index contributed by atoms with van der Waals surface area (Å²) in [6.07, 6.45) is 3.79. The molecule has 0 amide bonds. The van der Waals surface area contributed by atoms with Crippen LogP contribution < -0.4 is 9.47 Å². The number of halogens is 1. The van der Waals surface area contributed by atoms with Crippen molar-refractivity contribution in [3.63, 3.8) is 0 Å². The summed E-state index contributed by atoms with van der Waals surface area (Å²) in [5.74, 6) is 1.06. The second-order valence-corrected chi connectivity index (χ2v) is 10.2. The summed E-state index contributed by atoms with van der Waals surface area (Å²) in [4.78, 5) is 37.2. The molecule has 7 nitrogen and oxygen atoms in total. The van der Waals surface area contributed by atoms with Crippen molar-refractivity contribution in [1.82, 2.24) is 0 Å². The highest BCUT2D eigenvalue weighted by atomic mass is 127. The molecular formula is C28H25IO7. The van der Waals surface area contributed by atoms with Gasteiger partial charge < -0.3 is 19.3 Å². The molecule has 36 heavy (non-hydrogen) atoms. The quantitative estimate of drug-likeness (QED) is 0.425. The first-order valence-corrected chi connectivity index (χ1v) is 13.0. The Morgan fingerprint density at radius 1 is 1.00 bits per heavy atom. The number of ether oxygens (including phenoxy) is 3. The zero-order chi connectivity index (χ0) is 25.4. The number of methoxy groups -OCH3 is 1. The van der Waals surface area contributed by atoms with Gasteiger partial charge in [-0.2, -0.15) is 0 Å². The lowest BCUT2D eigenvalue weighted by atomic mass is 9.73. The number of hydrogen-bond acceptors (Lipinski definition) is 6. The SMILES string of the molecule is COc1cc(C2C3=C(CCCC3=O)OC3=C2C(=O)CCC3)cc(I)c1OCc1ccc(C(=O)O)cc1. The Morgan fingerprint density at radius 3 is 2.17 bits per heavy atom. The summed E-state index contributed by atoms with van der Waals surface area (Å²) in [6.45, 7) is 0.227. The van der Waals surface area contributed by atoms with Gasteiger partial charge >= 0.3 is 5.97 Å². The van der Waals surface area contributed by atoms with E-state index in [1.165, 1.54) is 12.1 Å². The van der Waals surface area contributed by atoms with Crippen molar-refractivity contribution in [2.45, 2.75) is 51.0 Å². The van der Waals surface area contributed by atoms with Gasteiger partial charge in [-0.25, -0.2) is 4.79 Å². The molecule has 2 aliphatic carbocycles. The van der Waals surface area contributed by atoms with Crippen molar-refractivity contribution in [2.24, 2.45) is 0 Å². The number of hydrogen-bond donors (Lipinski definition) is 1. The van der Waals surface area contributed by atoms with Gasteiger partial charge in [-0.05, 0) is 70.8 Å². The normalized spacial score (nSPS) is 17.9. The number of Topliss-reactive ketones (excluding diaryl/α,β-unsaturated/α-hetero) is 2. The lowest BCUT2D eigenvalue weighted by molar-refractivity contribution is -0.117. The molecule has 0 fully saturated rings. The molecule has 0 radical (unpaired) electrons. The lowest BCUT2D eigenvalue weighted by Gasteiger charge is -2.36. The fraction of sp³-hybridized carbons (Fsp3) is 0.321. The summed E-state index contributed by atoms with van der Waals surface area (Å²) >= 11 is 2.18. The maximum absolute atomic E-state index is 13.1. The highest BCUT2D eigenvalue weighted by Gasteiger charge is 2.42. The summed E-state index contributed by atoms with van der Waals surface area (Å²) < 4.78 is 18.7. The minimum atomic E-state index is -0.980. The average Bonchev–Trinajstić information content (AvgIpc) is 2.87. The minimum Gasteiger partial charge on any atom is -0.493 e. The Kier molecular flexibility index (Phi) is 6.87. The van der Waals surface area contributed by atoms with E-state index in [0.717, 1.165) is 27.5 Å². The van der Waals surface area contributed by atoms with Crippen LogP contribution in [0.15, 0.2) is 59.1 Å². The summed E-state index contributed by atoms with van der Waals surface area (Å²) in [7, 11) is 1.56. The number of benzene rings is 2. The first kappa shape index (κ1) is 24.5. The number of carbonyl (C=O) groups is 3. The van der Waals surface area contributed by atoms with Crippen molar-refractivity contribution in [3.05, 3.63) is 79.3 Å². The number of aromatic carboxylic acids is 1. The van der Waals surface area contributed by atoms with E-state index in [0.29, 0.717) is 59.8 Å². The zero-order valence-electron chi connectivity index (χ0n) is 19.8. The van der Waals surface area contributed by atoms with Gasteiger partial charge in [0.2, 0.25) is 0 Å². The van der Waals surface area contributed by atoms with Gasteiger partial charge in [0.25, 0.3) is 0 Å². The molecule has 0 unspecified atom stereocenters. The summed E-state index contributed by atoms with van der Waals surface area (Å²) in [5.41, 5.74) is 3.03. The van der Waals surface area contributed by atoms with E-state index in [1.54, 1.807) is 19.2 Å². The second-order valence-electron chi connectivity index (χ2n) is 9.09. The van der Waals surface area contributed by atoms with Gasteiger partial charge in [-0.1, -0.05) is 12.1 Å². The largest absolute Gasteiger partial charge is 0.493 e. The van der Waals surface area contributed by atoms with Gasteiger partial charge in [0.05, 0.1) is 16.2 Å². The zero-order valence-corrected chi connectivity index (χ0v) is 21.9. The van der Waals surface area contributed by atoms with Crippen molar-refractivity contribution in [2.75, 3.05) is 7.11 Å². The smallest absolute Gasteiger partial charge is 0.335 e. The highest BCUT2D eigenvalue weighted by molar-refractivity contribution is 14.1. The molecule has 0 spiro atoms. The second kappa shape index (κ2) is 10.1.